The highest BCUT2D eigenvalue weighted by Gasteiger charge is 2.39. The summed E-state index contributed by atoms with van der Waals surface area (Å²) in [4.78, 5) is 88.7. The van der Waals surface area contributed by atoms with E-state index in [0.717, 1.165) is 8.97 Å². The molecule has 0 saturated heterocycles. The van der Waals surface area contributed by atoms with E-state index in [2.05, 4.69) is 73.6 Å². The minimum Gasteiger partial charge on any atom is -0.652 e. The average molecular weight is 724 g/mol. The lowest BCUT2D eigenvalue weighted by molar-refractivity contribution is -0.849. The molecule has 0 aromatic rings. The summed E-state index contributed by atoms with van der Waals surface area (Å²) in [5.41, 5.74) is 0. The van der Waals surface area contributed by atoms with Crippen LogP contribution in [0.1, 0.15) is 0 Å². The summed E-state index contributed by atoms with van der Waals surface area (Å²) in [5.74, 6) is 0. The molecule has 0 radical (unpaired) electrons. The van der Waals surface area contributed by atoms with Crippen molar-refractivity contribution in [1.82, 2.24) is 0 Å². The van der Waals surface area contributed by atoms with Gasteiger partial charge in [-0.15, -0.1) is 0 Å². The van der Waals surface area contributed by atoms with Gasteiger partial charge in [-0.3, -0.25) is 0 Å². The monoisotopic (exact) mass is 724 g/mol. The first-order valence-corrected chi connectivity index (χ1v) is 17.9. The molecule has 0 heterocycles. The van der Waals surface area contributed by atoms with Crippen LogP contribution in [0.4, 0.5) is 4.79 Å². The minimum absolute atomic E-state index is 1.00. The second kappa shape index (κ2) is 18.6. The third-order valence-electron chi connectivity index (χ3n) is 0.838. The van der Waals surface area contributed by atoms with Crippen LogP contribution in [0.15, 0.2) is 0 Å². The SMILES string of the molecule is C[N+](C)(C)C.C[N+](C)(C)C.O=C([O-])[O-].O=P(O)(O)OP(=O)(O)OP(=O)(O)O.O=P(O)(O)OP(=O)(O)OP(=O)(O)O. The molecule has 0 aliphatic rings. The maximum Gasteiger partial charge on any atom is 0.490 e. The Kier molecular flexibility index (Phi) is 23.1. The number of hydrogen-bond acceptors (Lipinski definition) is 13. The maximum absolute atomic E-state index is 10.4. The molecule has 25 nitrogen and oxygen atoms in total. The molecule has 40 heavy (non-hydrogen) atoms. The fourth-order valence-electron chi connectivity index (χ4n) is 0.567. The molecular formula is C9H34N2O23P6. The summed E-state index contributed by atoms with van der Waals surface area (Å²) in [5, 5.41) is 16.7. The molecule has 0 aliphatic heterocycles. The summed E-state index contributed by atoms with van der Waals surface area (Å²) in [7, 11) is -15.3. The second-order valence-corrected chi connectivity index (χ2v) is 17.3. The first kappa shape index (κ1) is 49.7. The quantitative estimate of drug-likeness (QED) is 0.0870. The van der Waals surface area contributed by atoms with Crippen molar-refractivity contribution in [3.8, 4) is 0 Å². The second-order valence-electron chi connectivity index (χ2n) is 8.84. The van der Waals surface area contributed by atoms with E-state index in [4.69, 9.17) is 63.9 Å². The Morgan fingerprint density at radius 1 is 0.450 bits per heavy atom. The van der Waals surface area contributed by atoms with Gasteiger partial charge < -0.3 is 72.9 Å². The van der Waals surface area contributed by atoms with E-state index in [1.165, 1.54) is 0 Å². The van der Waals surface area contributed by atoms with Crippen molar-refractivity contribution in [1.29, 1.82) is 0 Å². The molecule has 0 rings (SSSR count). The van der Waals surface area contributed by atoms with Crippen molar-refractivity contribution in [2.45, 2.75) is 0 Å². The Balaban J connectivity index is -0.000000140. The largest absolute Gasteiger partial charge is 0.652 e. The molecule has 0 aliphatic carbocycles. The highest BCUT2D eigenvalue weighted by Crippen LogP contribution is 2.65. The number of carboxylic acid groups (broad SMARTS) is 2. The molecule has 31 heteroatoms. The Labute approximate surface area is 227 Å². The zero-order chi connectivity index (χ0) is 34.4. The molecule has 0 unspecified atom stereocenters. The fraction of sp³-hybridized carbons (Fsp3) is 0.889. The number of carbonyl (C=O) groups is 1. The van der Waals surface area contributed by atoms with Gasteiger partial charge >= 0.3 is 46.9 Å². The fourth-order valence-corrected chi connectivity index (χ4v) is 5.64. The number of quaternary nitrogens is 2. The lowest BCUT2D eigenvalue weighted by Crippen LogP contribution is -2.37. The number of hydrogen-bond donors (Lipinski definition) is 10. The topological polar surface area (TPSA) is 405 Å². The van der Waals surface area contributed by atoms with Crippen molar-refractivity contribution in [3.63, 3.8) is 0 Å². The van der Waals surface area contributed by atoms with E-state index in [0.29, 0.717) is 0 Å². The molecule has 0 amide bonds. The van der Waals surface area contributed by atoms with Crippen LogP contribution in [0.3, 0.4) is 0 Å². The van der Waals surface area contributed by atoms with Crippen LogP contribution in [0.25, 0.3) is 0 Å². The molecule has 0 atom stereocenters. The third-order valence-corrected chi connectivity index (χ3v) is 7.54. The van der Waals surface area contributed by atoms with E-state index in [1.54, 1.807) is 0 Å². The lowest BCUT2D eigenvalue weighted by atomic mass is 10.8. The molecule has 0 bridgehead atoms. The molecule has 0 saturated carbocycles. The van der Waals surface area contributed by atoms with E-state index < -0.39 is 53.1 Å². The van der Waals surface area contributed by atoms with Crippen molar-refractivity contribution in [2.24, 2.45) is 0 Å². The summed E-state index contributed by atoms with van der Waals surface area (Å²) in [6.45, 7) is 0. The standard InChI is InChI=1S/2C4H12N.CH2O3.2H5O10P3/c2*1-5(2,3)4;2-1(3)4;2*1-11(2,3)9-13(7,8)10-12(4,5)6/h2*1-4H3;(H2,2,3,4);2*(H,7,8)(H2,1,2,3)(H2,4,5,6)/q2*+1;;;/p-2. The summed E-state index contributed by atoms with van der Waals surface area (Å²) in [6, 6.07) is 0. The Bertz CT molecular complexity index is 874. The first-order valence-electron chi connectivity index (χ1n) is 8.75. The highest BCUT2D eigenvalue weighted by molar-refractivity contribution is 7.67. The molecular weight excluding hydrogens is 690 g/mol. The average Bonchev–Trinajstić information content (AvgIpc) is 2.29. The van der Waals surface area contributed by atoms with Crippen molar-refractivity contribution in [2.75, 3.05) is 56.4 Å². The van der Waals surface area contributed by atoms with Crippen molar-refractivity contribution in [3.05, 3.63) is 0 Å². The summed E-state index contributed by atoms with van der Waals surface area (Å²) < 4.78 is 74.8. The molecule has 0 aromatic carbocycles. The van der Waals surface area contributed by atoms with E-state index in [9.17, 15) is 27.4 Å². The zero-order valence-electron chi connectivity index (χ0n) is 21.9. The van der Waals surface area contributed by atoms with Crippen LogP contribution in [0.5, 0.6) is 0 Å². The van der Waals surface area contributed by atoms with Gasteiger partial charge in [0.2, 0.25) is 0 Å². The van der Waals surface area contributed by atoms with E-state index in [-0.39, 0.29) is 0 Å². The normalized spacial score (nSPS) is 13.1. The van der Waals surface area contributed by atoms with Crippen molar-refractivity contribution < 1.29 is 118 Å². The Morgan fingerprint density at radius 3 is 0.575 bits per heavy atom. The predicted molar refractivity (Wildman–Crippen MR) is 125 cm³/mol. The van der Waals surface area contributed by atoms with Crippen LogP contribution >= 0.6 is 46.9 Å². The van der Waals surface area contributed by atoms with Gasteiger partial charge in [-0.25, -0.2) is 27.4 Å². The van der Waals surface area contributed by atoms with Crippen LogP contribution in [0, 0.1) is 0 Å². The maximum atomic E-state index is 10.4. The minimum atomic E-state index is -5.46. The van der Waals surface area contributed by atoms with Gasteiger partial charge in [0.1, 0.15) is 0 Å². The summed E-state index contributed by atoms with van der Waals surface area (Å²) in [6.07, 6.45) is -2.33. The first-order chi connectivity index (χ1) is 16.6. The molecule has 248 valence electrons. The number of phosphoric acid groups is 6. The number of carbonyl (C=O) groups excluding carboxylic acids is 1. The van der Waals surface area contributed by atoms with Gasteiger partial charge in [0, 0.05) is 0 Å². The van der Waals surface area contributed by atoms with Gasteiger partial charge in [-0.2, -0.15) is 17.2 Å². The molecule has 0 aromatic heterocycles. The molecule has 10 N–H and O–H groups in total. The zero-order valence-corrected chi connectivity index (χ0v) is 27.2. The Morgan fingerprint density at radius 2 is 0.525 bits per heavy atom. The van der Waals surface area contributed by atoms with Gasteiger partial charge in [-0.1, -0.05) is 0 Å². The van der Waals surface area contributed by atoms with E-state index in [1.807, 2.05) is 0 Å². The van der Waals surface area contributed by atoms with Crippen LogP contribution < -0.4 is 10.2 Å². The highest BCUT2D eigenvalue weighted by atomic mass is 31.3. The van der Waals surface area contributed by atoms with Gasteiger partial charge in [-0.05, 0) is 6.16 Å². The van der Waals surface area contributed by atoms with Crippen LogP contribution in [0.2, 0.25) is 0 Å². The predicted octanol–water partition coefficient (Wildman–Crippen LogP) is -3.19. The summed E-state index contributed by atoms with van der Waals surface area (Å²) >= 11 is 0. The van der Waals surface area contributed by atoms with Crippen molar-refractivity contribution >= 4 is 53.1 Å². The van der Waals surface area contributed by atoms with E-state index >= 15 is 0 Å². The van der Waals surface area contributed by atoms with Crippen LogP contribution in [-0.4, -0.2) is 120 Å². The van der Waals surface area contributed by atoms with Gasteiger partial charge in [0.05, 0.1) is 56.4 Å². The number of rotatable bonds is 8. The smallest absolute Gasteiger partial charge is 0.490 e. The third kappa shape index (κ3) is 90.3. The molecule has 0 spiro atoms. The Hall–Kier alpha value is 0.01000. The van der Waals surface area contributed by atoms with Gasteiger partial charge in [0.15, 0.2) is 0 Å². The van der Waals surface area contributed by atoms with Crippen LogP contribution in [-0.2, 0) is 44.6 Å². The lowest BCUT2D eigenvalue weighted by Gasteiger charge is -2.14. The number of nitrogens with zero attached hydrogens (tertiary/aromatic N) is 2. The van der Waals surface area contributed by atoms with Gasteiger partial charge in [0.25, 0.3) is 0 Å². The molecule has 0 fully saturated rings.